The molecule has 5 nitrogen and oxygen atoms in total. The number of nitrogens with zero attached hydrogens (tertiary/aromatic N) is 1. The van der Waals surface area contributed by atoms with Crippen molar-refractivity contribution < 1.29 is 9.53 Å². The fourth-order valence-corrected chi connectivity index (χ4v) is 4.82. The van der Waals surface area contributed by atoms with Crippen LogP contribution in [-0.2, 0) is 4.74 Å². The van der Waals surface area contributed by atoms with Gasteiger partial charge in [0.05, 0.1) is 27.9 Å². The van der Waals surface area contributed by atoms with Gasteiger partial charge in [-0.2, -0.15) is 0 Å². The molecule has 1 saturated heterocycles. The largest absolute Gasteiger partial charge is 0.382 e. The molecule has 1 atom stereocenters. The molecule has 2 N–H and O–H groups in total. The summed E-state index contributed by atoms with van der Waals surface area (Å²) in [5, 5.41) is 7.69. The van der Waals surface area contributed by atoms with Crippen molar-refractivity contribution in [1.29, 1.82) is 0 Å². The molecule has 0 saturated carbocycles. The number of hydrogen-bond donors (Lipinski definition) is 2. The number of rotatable bonds is 6. The van der Waals surface area contributed by atoms with E-state index in [0.717, 1.165) is 41.7 Å². The molecule has 4 rings (SSSR count). The molecule has 1 aromatic heterocycles. The van der Waals surface area contributed by atoms with Crippen LogP contribution in [0.25, 0.3) is 10.2 Å². The molecule has 1 aliphatic rings. The molecule has 0 spiro atoms. The summed E-state index contributed by atoms with van der Waals surface area (Å²) in [6, 6.07) is 15.5. The molecule has 146 valence electrons. The monoisotopic (exact) mass is 395 g/mol. The fraction of sp³-hybridized carbons (Fsp3) is 0.364. The third-order valence-electron chi connectivity index (χ3n) is 5.20. The smallest absolute Gasteiger partial charge is 0.251 e. The van der Waals surface area contributed by atoms with Crippen molar-refractivity contribution in [2.45, 2.75) is 24.8 Å². The first-order valence-electron chi connectivity index (χ1n) is 9.70. The van der Waals surface area contributed by atoms with Gasteiger partial charge < -0.3 is 15.4 Å². The highest BCUT2D eigenvalue weighted by atomic mass is 32.1. The number of carbonyl (C=O) groups excluding carboxylic acids is 1. The van der Waals surface area contributed by atoms with E-state index in [2.05, 4.69) is 10.6 Å². The third kappa shape index (κ3) is 4.24. The SMILES string of the molecule is COC[C@@H](NC(=O)c1ccc2nc(C3CCNCC3)sc2c1)c1ccccc1. The molecule has 0 aliphatic carbocycles. The molecule has 3 aromatic rings. The number of aromatic nitrogens is 1. The average molecular weight is 396 g/mol. The number of thiazole rings is 1. The van der Waals surface area contributed by atoms with Crippen LogP contribution >= 0.6 is 11.3 Å². The van der Waals surface area contributed by atoms with Gasteiger partial charge >= 0.3 is 0 Å². The summed E-state index contributed by atoms with van der Waals surface area (Å²) in [5.41, 5.74) is 2.67. The first kappa shape index (κ1) is 19.1. The van der Waals surface area contributed by atoms with E-state index in [0.29, 0.717) is 18.1 Å². The molecule has 0 bridgehead atoms. The van der Waals surface area contributed by atoms with Crippen LogP contribution in [0.5, 0.6) is 0 Å². The summed E-state index contributed by atoms with van der Waals surface area (Å²) >= 11 is 1.72. The lowest BCUT2D eigenvalue weighted by Gasteiger charge is -2.20. The number of benzene rings is 2. The van der Waals surface area contributed by atoms with Crippen LogP contribution in [-0.4, -0.2) is 37.7 Å². The van der Waals surface area contributed by atoms with Crippen LogP contribution in [0.3, 0.4) is 0 Å². The first-order chi connectivity index (χ1) is 13.7. The molecule has 1 amide bonds. The average Bonchev–Trinajstić information content (AvgIpc) is 3.18. The van der Waals surface area contributed by atoms with E-state index in [-0.39, 0.29) is 11.9 Å². The van der Waals surface area contributed by atoms with Crippen LogP contribution in [0.15, 0.2) is 48.5 Å². The molecule has 1 aliphatic heterocycles. The number of hydrogen-bond acceptors (Lipinski definition) is 5. The molecule has 2 aromatic carbocycles. The molecule has 1 fully saturated rings. The third-order valence-corrected chi connectivity index (χ3v) is 6.38. The Labute approximate surface area is 169 Å². The Morgan fingerprint density at radius 3 is 2.79 bits per heavy atom. The maximum absolute atomic E-state index is 12.9. The van der Waals surface area contributed by atoms with Gasteiger partial charge in [0.15, 0.2) is 0 Å². The van der Waals surface area contributed by atoms with E-state index in [1.807, 2.05) is 48.5 Å². The molecule has 0 radical (unpaired) electrons. The summed E-state index contributed by atoms with van der Waals surface area (Å²) < 4.78 is 6.38. The first-order valence-corrected chi connectivity index (χ1v) is 10.5. The highest BCUT2D eigenvalue weighted by molar-refractivity contribution is 7.18. The van der Waals surface area contributed by atoms with E-state index in [9.17, 15) is 4.79 Å². The van der Waals surface area contributed by atoms with Crippen LogP contribution in [0.1, 0.15) is 45.7 Å². The highest BCUT2D eigenvalue weighted by Crippen LogP contribution is 2.32. The van der Waals surface area contributed by atoms with Gasteiger partial charge in [0, 0.05) is 18.6 Å². The predicted octanol–water partition coefficient (Wildman–Crippen LogP) is 3.88. The van der Waals surface area contributed by atoms with Gasteiger partial charge in [-0.3, -0.25) is 4.79 Å². The number of carbonyl (C=O) groups is 1. The van der Waals surface area contributed by atoms with Crippen LogP contribution in [0.2, 0.25) is 0 Å². The van der Waals surface area contributed by atoms with E-state index < -0.39 is 0 Å². The summed E-state index contributed by atoms with van der Waals surface area (Å²) in [4.78, 5) is 17.7. The fourth-order valence-electron chi connectivity index (χ4n) is 3.64. The van der Waals surface area contributed by atoms with Crippen LogP contribution < -0.4 is 10.6 Å². The second-order valence-corrected chi connectivity index (χ2v) is 8.21. The molecular weight excluding hydrogens is 370 g/mol. The summed E-state index contributed by atoms with van der Waals surface area (Å²) in [6.07, 6.45) is 2.26. The van der Waals surface area contributed by atoms with Crippen LogP contribution in [0, 0.1) is 0 Å². The molecular formula is C22H25N3O2S. The quantitative estimate of drug-likeness (QED) is 0.665. The molecule has 0 unspecified atom stereocenters. The van der Waals surface area contributed by atoms with Gasteiger partial charge in [0.25, 0.3) is 5.91 Å². The van der Waals surface area contributed by atoms with Crippen molar-refractivity contribution in [2.24, 2.45) is 0 Å². The highest BCUT2D eigenvalue weighted by Gasteiger charge is 2.20. The van der Waals surface area contributed by atoms with E-state index >= 15 is 0 Å². The standard InChI is InChI=1S/C22H25N3O2S/c1-27-14-19(15-5-3-2-4-6-15)24-21(26)17-7-8-18-20(13-17)28-22(25-18)16-9-11-23-12-10-16/h2-8,13,16,19,23H,9-12,14H2,1H3,(H,24,26)/t19-/m1/s1. The van der Waals surface area contributed by atoms with Crippen molar-refractivity contribution >= 4 is 27.5 Å². The van der Waals surface area contributed by atoms with Gasteiger partial charge in [-0.15, -0.1) is 11.3 Å². The molecule has 28 heavy (non-hydrogen) atoms. The normalized spacial score (nSPS) is 16.2. The van der Waals surface area contributed by atoms with Crippen molar-refractivity contribution in [3.63, 3.8) is 0 Å². The Bertz CT molecular complexity index is 935. The van der Waals surface area contributed by atoms with Gasteiger partial charge in [-0.25, -0.2) is 4.98 Å². The summed E-state index contributed by atoms with van der Waals surface area (Å²) in [7, 11) is 1.65. The summed E-state index contributed by atoms with van der Waals surface area (Å²) in [6.45, 7) is 2.53. The number of methoxy groups -OCH3 is 1. The predicted molar refractivity (Wildman–Crippen MR) is 113 cm³/mol. The Balaban J connectivity index is 1.53. The number of fused-ring (bicyclic) bond motifs is 1. The zero-order valence-electron chi connectivity index (χ0n) is 16.0. The molecule has 6 heteroatoms. The van der Waals surface area contributed by atoms with Crippen molar-refractivity contribution in [1.82, 2.24) is 15.6 Å². The minimum Gasteiger partial charge on any atom is -0.382 e. The second kappa shape index (κ2) is 8.82. The Morgan fingerprint density at radius 2 is 2.04 bits per heavy atom. The Morgan fingerprint density at radius 1 is 1.25 bits per heavy atom. The lowest BCUT2D eigenvalue weighted by atomic mass is 9.99. The Kier molecular flexibility index (Phi) is 6.00. The van der Waals surface area contributed by atoms with Crippen molar-refractivity contribution in [2.75, 3.05) is 26.8 Å². The zero-order valence-corrected chi connectivity index (χ0v) is 16.8. The van der Waals surface area contributed by atoms with Crippen LogP contribution in [0.4, 0.5) is 0 Å². The van der Waals surface area contributed by atoms with Gasteiger partial charge in [-0.1, -0.05) is 30.3 Å². The van der Waals surface area contributed by atoms with E-state index in [4.69, 9.17) is 9.72 Å². The lowest BCUT2D eigenvalue weighted by Crippen LogP contribution is -2.31. The molecule has 2 heterocycles. The van der Waals surface area contributed by atoms with Crippen molar-refractivity contribution in [3.8, 4) is 0 Å². The van der Waals surface area contributed by atoms with Gasteiger partial charge in [-0.05, 0) is 49.7 Å². The lowest BCUT2D eigenvalue weighted by molar-refractivity contribution is 0.0896. The maximum Gasteiger partial charge on any atom is 0.251 e. The van der Waals surface area contributed by atoms with Crippen molar-refractivity contribution in [3.05, 3.63) is 64.7 Å². The minimum absolute atomic E-state index is 0.0929. The van der Waals surface area contributed by atoms with Gasteiger partial charge in [0.2, 0.25) is 0 Å². The van der Waals surface area contributed by atoms with E-state index in [1.54, 1.807) is 18.4 Å². The topological polar surface area (TPSA) is 63.2 Å². The maximum atomic E-state index is 12.9. The van der Waals surface area contributed by atoms with Gasteiger partial charge in [0.1, 0.15) is 0 Å². The Hall–Kier alpha value is -2.28. The number of piperidine rings is 1. The number of amides is 1. The zero-order chi connectivity index (χ0) is 19.3. The van der Waals surface area contributed by atoms with E-state index in [1.165, 1.54) is 5.01 Å². The summed E-state index contributed by atoms with van der Waals surface area (Å²) in [5.74, 6) is 0.435. The number of nitrogens with one attached hydrogen (secondary N) is 2. The second-order valence-electron chi connectivity index (χ2n) is 7.15. The minimum atomic E-state index is -0.179. The number of ether oxygens (including phenoxy) is 1.